The van der Waals surface area contributed by atoms with E-state index in [2.05, 4.69) is 37.3 Å². The molecule has 0 saturated carbocycles. The van der Waals surface area contributed by atoms with Crippen LogP contribution in [0.15, 0.2) is 48.5 Å². The summed E-state index contributed by atoms with van der Waals surface area (Å²) in [5, 5.41) is 1.05. The second-order valence-electron chi connectivity index (χ2n) is 5.31. The molecule has 0 amide bonds. The lowest BCUT2D eigenvalue weighted by molar-refractivity contribution is 0.140. The minimum absolute atomic E-state index is 0.935. The normalized spacial score (nSPS) is 11.6. The van der Waals surface area contributed by atoms with Crippen molar-refractivity contribution in [2.24, 2.45) is 0 Å². The maximum absolute atomic E-state index is 5.63. The van der Waals surface area contributed by atoms with Gasteiger partial charge in [0.05, 0.1) is 0 Å². The lowest BCUT2D eigenvalue weighted by Gasteiger charge is -2.26. The Kier molecular flexibility index (Phi) is 5.91. The molecule has 0 aliphatic heterocycles. The van der Waals surface area contributed by atoms with Crippen LogP contribution in [-0.2, 0) is 26.1 Å². The predicted octanol–water partition coefficient (Wildman–Crippen LogP) is 2.87. The zero-order valence-electron chi connectivity index (χ0n) is 13.8. The Morgan fingerprint density at radius 1 is 0.773 bits per heavy atom. The first-order valence-corrected chi connectivity index (χ1v) is 9.17. The summed E-state index contributed by atoms with van der Waals surface area (Å²) in [7, 11) is 2.16. The molecule has 0 aliphatic carbocycles. The van der Waals surface area contributed by atoms with E-state index in [1.807, 2.05) is 18.2 Å². The topological polar surface area (TPSA) is 27.7 Å². The van der Waals surface area contributed by atoms with E-state index in [9.17, 15) is 0 Å². The van der Waals surface area contributed by atoms with Crippen molar-refractivity contribution in [1.29, 1.82) is 0 Å². The standard InChI is InChI=1S/C18H24O3Si/c1-15-9-11-16(12-10-15)13-14-17-7-5-6-8-18(17)22(19-2,20-3)21-4/h5-12H,13-14H2,1-4H3. The number of hydrogen-bond donors (Lipinski definition) is 0. The molecule has 0 N–H and O–H groups in total. The number of benzene rings is 2. The van der Waals surface area contributed by atoms with Crippen LogP contribution in [0.3, 0.4) is 0 Å². The van der Waals surface area contributed by atoms with Gasteiger partial charge >= 0.3 is 8.80 Å². The van der Waals surface area contributed by atoms with Crippen LogP contribution in [0.4, 0.5) is 0 Å². The molecule has 0 atom stereocenters. The van der Waals surface area contributed by atoms with Crippen molar-refractivity contribution in [3.05, 3.63) is 65.2 Å². The van der Waals surface area contributed by atoms with Crippen LogP contribution in [0, 0.1) is 6.92 Å². The molecule has 22 heavy (non-hydrogen) atoms. The van der Waals surface area contributed by atoms with Crippen molar-refractivity contribution < 1.29 is 13.3 Å². The minimum Gasteiger partial charge on any atom is -0.373 e. The second kappa shape index (κ2) is 7.69. The summed E-state index contributed by atoms with van der Waals surface area (Å²) in [6.07, 6.45) is 1.92. The Balaban J connectivity index is 2.23. The SMILES string of the molecule is CO[Si](OC)(OC)c1ccccc1CCc1ccc(C)cc1. The van der Waals surface area contributed by atoms with Gasteiger partial charge in [-0.2, -0.15) is 0 Å². The van der Waals surface area contributed by atoms with Gasteiger partial charge in [0.2, 0.25) is 0 Å². The molecule has 0 bridgehead atoms. The first-order valence-electron chi connectivity index (χ1n) is 7.44. The van der Waals surface area contributed by atoms with E-state index < -0.39 is 8.80 Å². The Morgan fingerprint density at radius 2 is 1.36 bits per heavy atom. The maximum atomic E-state index is 5.63. The highest BCUT2D eigenvalue weighted by molar-refractivity contribution is 6.75. The van der Waals surface area contributed by atoms with Gasteiger partial charge in [0.1, 0.15) is 0 Å². The van der Waals surface area contributed by atoms with Gasteiger partial charge < -0.3 is 13.3 Å². The van der Waals surface area contributed by atoms with Crippen molar-refractivity contribution in [3.8, 4) is 0 Å². The molecule has 0 radical (unpaired) electrons. The highest BCUT2D eigenvalue weighted by Gasteiger charge is 2.42. The lowest BCUT2D eigenvalue weighted by Crippen LogP contribution is -2.56. The molecule has 2 rings (SSSR count). The van der Waals surface area contributed by atoms with Crippen LogP contribution in [0.25, 0.3) is 0 Å². The highest BCUT2D eigenvalue weighted by Crippen LogP contribution is 2.13. The molecular formula is C18H24O3Si. The van der Waals surface area contributed by atoms with Crippen LogP contribution in [0.1, 0.15) is 16.7 Å². The summed E-state index contributed by atoms with van der Waals surface area (Å²) in [5.74, 6) is 0. The van der Waals surface area contributed by atoms with Gasteiger partial charge in [-0.05, 0) is 30.9 Å². The monoisotopic (exact) mass is 316 g/mol. The lowest BCUT2D eigenvalue weighted by atomic mass is 10.0. The largest absolute Gasteiger partial charge is 0.536 e. The Morgan fingerprint density at radius 3 is 1.95 bits per heavy atom. The van der Waals surface area contributed by atoms with E-state index in [1.165, 1.54) is 16.7 Å². The number of aryl methyl sites for hydroxylation is 3. The van der Waals surface area contributed by atoms with Crippen molar-refractivity contribution >= 4 is 14.0 Å². The summed E-state index contributed by atoms with van der Waals surface area (Å²) in [6.45, 7) is 2.11. The van der Waals surface area contributed by atoms with Gasteiger partial charge in [-0.15, -0.1) is 0 Å². The first-order chi connectivity index (χ1) is 10.6. The van der Waals surface area contributed by atoms with Crippen LogP contribution in [-0.4, -0.2) is 30.1 Å². The van der Waals surface area contributed by atoms with Crippen molar-refractivity contribution in [2.45, 2.75) is 19.8 Å². The molecule has 0 aliphatic rings. The number of rotatable bonds is 7. The van der Waals surface area contributed by atoms with E-state index >= 15 is 0 Å². The van der Waals surface area contributed by atoms with E-state index in [4.69, 9.17) is 13.3 Å². The minimum atomic E-state index is -2.79. The quantitative estimate of drug-likeness (QED) is 0.735. The summed E-state index contributed by atoms with van der Waals surface area (Å²) in [4.78, 5) is 0. The Labute approximate surface area is 134 Å². The Hall–Kier alpha value is -1.46. The molecule has 2 aromatic rings. The van der Waals surface area contributed by atoms with E-state index in [0.29, 0.717) is 0 Å². The van der Waals surface area contributed by atoms with Gasteiger partial charge in [-0.1, -0.05) is 54.1 Å². The molecular weight excluding hydrogens is 292 g/mol. The average Bonchev–Trinajstić information content (AvgIpc) is 2.57. The fraction of sp³-hybridized carbons (Fsp3) is 0.333. The van der Waals surface area contributed by atoms with E-state index in [1.54, 1.807) is 21.3 Å². The van der Waals surface area contributed by atoms with Crippen LogP contribution >= 0.6 is 0 Å². The van der Waals surface area contributed by atoms with Gasteiger partial charge in [-0.3, -0.25) is 0 Å². The molecule has 2 aromatic carbocycles. The summed E-state index contributed by atoms with van der Waals surface area (Å²) >= 11 is 0. The maximum Gasteiger partial charge on any atom is 0.536 e. The molecule has 0 unspecified atom stereocenters. The van der Waals surface area contributed by atoms with Gasteiger partial charge in [0.25, 0.3) is 0 Å². The molecule has 118 valence electrons. The van der Waals surface area contributed by atoms with Crippen molar-refractivity contribution in [1.82, 2.24) is 0 Å². The van der Waals surface area contributed by atoms with Gasteiger partial charge in [-0.25, -0.2) is 0 Å². The van der Waals surface area contributed by atoms with Gasteiger partial charge in [0.15, 0.2) is 0 Å². The third-order valence-corrected chi connectivity index (χ3v) is 6.72. The first kappa shape index (κ1) is 16.9. The van der Waals surface area contributed by atoms with Crippen LogP contribution < -0.4 is 5.19 Å². The summed E-state index contributed by atoms with van der Waals surface area (Å²) in [6, 6.07) is 16.9. The molecule has 0 aromatic heterocycles. The van der Waals surface area contributed by atoms with E-state index in [0.717, 1.165) is 18.0 Å². The van der Waals surface area contributed by atoms with Crippen molar-refractivity contribution in [2.75, 3.05) is 21.3 Å². The van der Waals surface area contributed by atoms with Crippen LogP contribution in [0.5, 0.6) is 0 Å². The fourth-order valence-electron chi connectivity index (χ4n) is 2.65. The smallest absolute Gasteiger partial charge is 0.373 e. The number of hydrogen-bond acceptors (Lipinski definition) is 3. The predicted molar refractivity (Wildman–Crippen MR) is 91.4 cm³/mol. The molecule has 0 spiro atoms. The highest BCUT2D eigenvalue weighted by atomic mass is 28.4. The third kappa shape index (κ3) is 3.65. The Bertz CT molecular complexity index is 583. The molecule has 0 heterocycles. The second-order valence-corrected chi connectivity index (χ2v) is 8.19. The molecule has 0 saturated heterocycles. The van der Waals surface area contributed by atoms with E-state index in [-0.39, 0.29) is 0 Å². The van der Waals surface area contributed by atoms with Crippen LogP contribution in [0.2, 0.25) is 0 Å². The molecule has 0 fully saturated rings. The molecule has 4 heteroatoms. The van der Waals surface area contributed by atoms with Crippen molar-refractivity contribution in [3.63, 3.8) is 0 Å². The average molecular weight is 316 g/mol. The fourth-order valence-corrected chi connectivity index (χ4v) is 4.71. The zero-order chi connectivity index (χ0) is 16.0. The zero-order valence-corrected chi connectivity index (χ0v) is 14.8. The third-order valence-electron chi connectivity index (χ3n) is 3.96. The molecule has 3 nitrogen and oxygen atoms in total. The summed E-state index contributed by atoms with van der Waals surface area (Å²) < 4.78 is 16.9. The summed E-state index contributed by atoms with van der Waals surface area (Å²) in [5.41, 5.74) is 3.84. The van der Waals surface area contributed by atoms with Gasteiger partial charge in [0, 0.05) is 26.5 Å².